The lowest BCUT2D eigenvalue weighted by atomic mass is 10.1. The lowest BCUT2D eigenvalue weighted by Crippen LogP contribution is -2.35. The highest BCUT2D eigenvalue weighted by atomic mass is 19.4. The first-order valence-corrected chi connectivity index (χ1v) is 8.84. The number of amides is 2. The van der Waals surface area contributed by atoms with E-state index in [4.69, 9.17) is 0 Å². The SMILES string of the molecule is CNC(=O)/C(=C\CCNCCC(=O)N1CCCCCCC1)C(F)(F)F. The summed E-state index contributed by atoms with van der Waals surface area (Å²) in [6, 6.07) is 0. The molecule has 1 saturated heterocycles. The van der Waals surface area contributed by atoms with E-state index in [1.54, 1.807) is 0 Å². The smallest absolute Gasteiger partial charge is 0.355 e. The summed E-state index contributed by atoms with van der Waals surface area (Å²) in [7, 11) is 1.16. The van der Waals surface area contributed by atoms with E-state index in [1.807, 2.05) is 10.2 Å². The molecule has 5 nitrogen and oxygen atoms in total. The number of hydrogen-bond donors (Lipinski definition) is 2. The van der Waals surface area contributed by atoms with E-state index in [1.165, 1.54) is 6.42 Å². The third-order valence-electron chi connectivity index (χ3n) is 4.17. The lowest BCUT2D eigenvalue weighted by molar-refractivity contribution is -0.132. The molecule has 0 atom stereocenters. The summed E-state index contributed by atoms with van der Waals surface area (Å²) in [6.45, 7) is 2.29. The van der Waals surface area contributed by atoms with Crippen LogP contribution in [0.3, 0.4) is 0 Å². The summed E-state index contributed by atoms with van der Waals surface area (Å²) in [6.07, 6.45) is 2.22. The monoisotopic (exact) mass is 363 g/mol. The van der Waals surface area contributed by atoms with Crippen LogP contribution < -0.4 is 10.6 Å². The van der Waals surface area contributed by atoms with Gasteiger partial charge in [-0.25, -0.2) is 0 Å². The molecule has 0 aromatic rings. The zero-order valence-corrected chi connectivity index (χ0v) is 14.8. The molecule has 0 spiro atoms. The molecule has 0 saturated carbocycles. The van der Waals surface area contributed by atoms with E-state index >= 15 is 0 Å². The minimum absolute atomic E-state index is 0.0696. The Labute approximate surface area is 147 Å². The molecule has 1 heterocycles. The number of carbonyl (C=O) groups excluding carboxylic acids is 2. The van der Waals surface area contributed by atoms with Crippen molar-refractivity contribution in [2.45, 2.75) is 51.1 Å². The van der Waals surface area contributed by atoms with Crippen LogP contribution in [0.4, 0.5) is 13.2 Å². The molecule has 1 aliphatic rings. The molecule has 0 radical (unpaired) electrons. The van der Waals surface area contributed by atoms with Gasteiger partial charge < -0.3 is 15.5 Å². The second-order valence-corrected chi connectivity index (χ2v) is 6.13. The first-order chi connectivity index (χ1) is 11.9. The molecule has 2 N–H and O–H groups in total. The number of rotatable bonds is 7. The fourth-order valence-corrected chi connectivity index (χ4v) is 2.77. The van der Waals surface area contributed by atoms with Gasteiger partial charge in [-0.2, -0.15) is 13.2 Å². The molecule has 0 aromatic heterocycles. The van der Waals surface area contributed by atoms with Crippen molar-refractivity contribution < 1.29 is 22.8 Å². The van der Waals surface area contributed by atoms with Crippen LogP contribution in [0.25, 0.3) is 0 Å². The topological polar surface area (TPSA) is 61.4 Å². The Bertz CT molecular complexity index is 457. The van der Waals surface area contributed by atoms with E-state index in [0.717, 1.165) is 51.9 Å². The number of hydrogen-bond acceptors (Lipinski definition) is 3. The highest BCUT2D eigenvalue weighted by Crippen LogP contribution is 2.25. The largest absolute Gasteiger partial charge is 0.421 e. The van der Waals surface area contributed by atoms with Crippen LogP contribution in [-0.4, -0.2) is 56.1 Å². The van der Waals surface area contributed by atoms with Crippen LogP contribution in [0.1, 0.15) is 44.9 Å². The number of nitrogens with zero attached hydrogens (tertiary/aromatic N) is 1. The first kappa shape index (κ1) is 21.5. The minimum atomic E-state index is -4.67. The van der Waals surface area contributed by atoms with Crippen LogP contribution in [-0.2, 0) is 9.59 Å². The van der Waals surface area contributed by atoms with Crippen molar-refractivity contribution in [3.63, 3.8) is 0 Å². The average Bonchev–Trinajstić information content (AvgIpc) is 2.51. The molecule has 1 fully saturated rings. The zero-order chi connectivity index (χ0) is 18.7. The Morgan fingerprint density at radius 2 is 1.64 bits per heavy atom. The second-order valence-electron chi connectivity index (χ2n) is 6.13. The molecule has 144 valence electrons. The predicted molar refractivity (Wildman–Crippen MR) is 90.0 cm³/mol. The number of nitrogens with one attached hydrogen (secondary N) is 2. The van der Waals surface area contributed by atoms with Gasteiger partial charge in [0.2, 0.25) is 5.91 Å². The Morgan fingerprint density at radius 3 is 2.20 bits per heavy atom. The van der Waals surface area contributed by atoms with Crippen molar-refractivity contribution in [3.8, 4) is 0 Å². The summed E-state index contributed by atoms with van der Waals surface area (Å²) in [4.78, 5) is 25.2. The molecule has 0 aliphatic carbocycles. The van der Waals surface area contributed by atoms with Gasteiger partial charge >= 0.3 is 6.18 Å². The molecular weight excluding hydrogens is 335 g/mol. The van der Waals surface area contributed by atoms with E-state index in [9.17, 15) is 22.8 Å². The molecule has 0 aromatic carbocycles. The van der Waals surface area contributed by atoms with Crippen LogP contribution in [0, 0.1) is 0 Å². The summed E-state index contributed by atoms with van der Waals surface area (Å²) < 4.78 is 38.1. The Balaban J connectivity index is 2.29. The third-order valence-corrected chi connectivity index (χ3v) is 4.17. The predicted octanol–water partition coefficient (Wildman–Crippen LogP) is 2.38. The van der Waals surface area contributed by atoms with Gasteiger partial charge in [0.25, 0.3) is 5.91 Å². The molecular formula is C17H28F3N3O2. The Morgan fingerprint density at radius 1 is 1.04 bits per heavy atom. The van der Waals surface area contributed by atoms with Crippen molar-refractivity contribution in [3.05, 3.63) is 11.6 Å². The number of carbonyl (C=O) groups is 2. The second kappa shape index (κ2) is 11.1. The van der Waals surface area contributed by atoms with Gasteiger partial charge in [0, 0.05) is 33.1 Å². The van der Waals surface area contributed by atoms with E-state index in [2.05, 4.69) is 5.32 Å². The number of halogens is 3. The Hall–Kier alpha value is -1.57. The molecule has 2 amide bonds. The van der Waals surface area contributed by atoms with Crippen LogP contribution >= 0.6 is 0 Å². The van der Waals surface area contributed by atoms with Crippen molar-refractivity contribution in [1.29, 1.82) is 0 Å². The Kier molecular flexibility index (Phi) is 9.55. The molecule has 1 rings (SSSR count). The summed E-state index contributed by atoms with van der Waals surface area (Å²) >= 11 is 0. The summed E-state index contributed by atoms with van der Waals surface area (Å²) in [5.41, 5.74) is -1.19. The quantitative estimate of drug-likeness (QED) is 0.539. The van der Waals surface area contributed by atoms with Crippen molar-refractivity contribution in [2.24, 2.45) is 0 Å². The van der Waals surface area contributed by atoms with Gasteiger partial charge in [-0.05, 0) is 25.8 Å². The highest BCUT2D eigenvalue weighted by Gasteiger charge is 2.37. The maximum Gasteiger partial charge on any atom is 0.421 e. The zero-order valence-electron chi connectivity index (χ0n) is 14.8. The summed E-state index contributed by atoms with van der Waals surface area (Å²) in [5, 5.41) is 4.94. The number of alkyl halides is 3. The van der Waals surface area contributed by atoms with Gasteiger partial charge in [0.1, 0.15) is 5.57 Å². The molecule has 25 heavy (non-hydrogen) atoms. The first-order valence-electron chi connectivity index (χ1n) is 8.84. The molecule has 1 aliphatic heterocycles. The standard InChI is InChI=1S/C17H28F3N3O2/c1-21-16(25)14(17(18,19)20)8-7-10-22-11-9-15(24)23-12-5-3-2-4-6-13-23/h8,22H,2-7,9-13H2,1H3,(H,21,25)/b14-8+. The molecule has 8 heteroatoms. The van der Waals surface area contributed by atoms with Crippen molar-refractivity contribution in [1.82, 2.24) is 15.5 Å². The van der Waals surface area contributed by atoms with Crippen molar-refractivity contribution >= 4 is 11.8 Å². The lowest BCUT2D eigenvalue weighted by Gasteiger charge is -2.24. The number of likely N-dealkylation sites (tertiary alicyclic amines) is 1. The van der Waals surface area contributed by atoms with Gasteiger partial charge in [-0.3, -0.25) is 9.59 Å². The fraction of sp³-hybridized carbons (Fsp3) is 0.765. The van der Waals surface area contributed by atoms with Crippen LogP contribution in [0.5, 0.6) is 0 Å². The number of likely N-dealkylation sites (N-methyl/N-ethyl adjacent to an activating group) is 1. The third kappa shape index (κ3) is 8.38. The minimum Gasteiger partial charge on any atom is -0.355 e. The average molecular weight is 363 g/mol. The van der Waals surface area contributed by atoms with Gasteiger partial charge in [0.05, 0.1) is 0 Å². The maximum absolute atomic E-state index is 12.7. The van der Waals surface area contributed by atoms with Gasteiger partial charge in [-0.15, -0.1) is 0 Å². The van der Waals surface area contributed by atoms with E-state index in [0.29, 0.717) is 13.0 Å². The van der Waals surface area contributed by atoms with E-state index < -0.39 is 17.7 Å². The summed E-state index contributed by atoms with van der Waals surface area (Å²) in [5.74, 6) is -1.05. The highest BCUT2D eigenvalue weighted by molar-refractivity contribution is 5.94. The van der Waals surface area contributed by atoms with Gasteiger partial charge in [0.15, 0.2) is 0 Å². The normalized spacial score (nSPS) is 17.0. The molecule has 0 unspecified atom stereocenters. The fourth-order valence-electron chi connectivity index (χ4n) is 2.77. The van der Waals surface area contributed by atoms with Crippen molar-refractivity contribution in [2.75, 3.05) is 33.2 Å². The van der Waals surface area contributed by atoms with E-state index in [-0.39, 0.29) is 18.9 Å². The molecule has 0 bridgehead atoms. The van der Waals surface area contributed by atoms with Gasteiger partial charge in [-0.1, -0.05) is 25.3 Å². The maximum atomic E-state index is 12.7. The van der Waals surface area contributed by atoms with Crippen LogP contribution in [0.2, 0.25) is 0 Å². The van der Waals surface area contributed by atoms with Crippen LogP contribution in [0.15, 0.2) is 11.6 Å².